The standard InChI is InChI=1S/C10H9ClN4O4/c1-5(16)9(10(12)17)14-13-6-2-3-7(11)8(4-6)15(18)19/h2-4,16H,1H3,(H2,12,17)/b9-5-,14-13?. The number of aliphatic hydroxyl groups excluding tert-OH is 1. The molecule has 1 aromatic carbocycles. The van der Waals surface area contributed by atoms with Gasteiger partial charge in [0.05, 0.1) is 10.6 Å². The van der Waals surface area contributed by atoms with Gasteiger partial charge < -0.3 is 10.8 Å². The van der Waals surface area contributed by atoms with Crippen LogP contribution in [0.2, 0.25) is 5.02 Å². The first-order valence-electron chi connectivity index (χ1n) is 4.88. The third-order valence-electron chi connectivity index (χ3n) is 1.97. The SMILES string of the molecule is C/C(O)=C(/N=Nc1ccc(Cl)c([N+](=O)[O-])c1)C(N)=O. The molecule has 1 aromatic rings. The van der Waals surface area contributed by atoms with Crippen molar-refractivity contribution in [3.05, 3.63) is 44.8 Å². The Kier molecular flexibility index (Phi) is 4.54. The van der Waals surface area contributed by atoms with Gasteiger partial charge in [0.2, 0.25) is 0 Å². The van der Waals surface area contributed by atoms with Crippen LogP contribution in [-0.2, 0) is 4.79 Å². The van der Waals surface area contributed by atoms with E-state index in [9.17, 15) is 14.9 Å². The highest BCUT2D eigenvalue weighted by Gasteiger charge is 2.13. The van der Waals surface area contributed by atoms with Gasteiger partial charge in [0, 0.05) is 6.07 Å². The molecule has 9 heteroatoms. The van der Waals surface area contributed by atoms with Gasteiger partial charge in [0.25, 0.3) is 11.6 Å². The Morgan fingerprint density at radius 2 is 2.16 bits per heavy atom. The summed E-state index contributed by atoms with van der Waals surface area (Å²) in [6.07, 6.45) is 0. The van der Waals surface area contributed by atoms with E-state index in [1.54, 1.807) is 0 Å². The first-order chi connectivity index (χ1) is 8.82. The number of primary amides is 1. The molecular formula is C10H9ClN4O4. The highest BCUT2D eigenvalue weighted by molar-refractivity contribution is 6.32. The average molecular weight is 285 g/mol. The van der Waals surface area contributed by atoms with Crippen molar-refractivity contribution in [2.75, 3.05) is 0 Å². The molecule has 0 aliphatic carbocycles. The summed E-state index contributed by atoms with van der Waals surface area (Å²) in [7, 11) is 0. The first kappa shape index (κ1) is 14.6. The molecule has 0 heterocycles. The van der Waals surface area contributed by atoms with Crippen LogP contribution in [0.15, 0.2) is 39.9 Å². The normalized spacial score (nSPS) is 12.3. The Morgan fingerprint density at radius 1 is 1.53 bits per heavy atom. The van der Waals surface area contributed by atoms with Gasteiger partial charge in [-0.1, -0.05) is 11.6 Å². The number of benzene rings is 1. The summed E-state index contributed by atoms with van der Waals surface area (Å²) in [6.45, 7) is 1.21. The molecule has 0 bridgehead atoms. The maximum Gasteiger partial charge on any atom is 0.290 e. The number of hydrogen-bond donors (Lipinski definition) is 2. The second-order valence-electron chi connectivity index (χ2n) is 3.39. The lowest BCUT2D eigenvalue weighted by molar-refractivity contribution is -0.384. The minimum absolute atomic E-state index is 0.0482. The number of hydrogen-bond acceptors (Lipinski definition) is 6. The van der Waals surface area contributed by atoms with E-state index in [2.05, 4.69) is 10.2 Å². The number of nitrogens with zero attached hydrogens (tertiary/aromatic N) is 3. The number of carbonyl (C=O) groups excluding carboxylic acids is 1. The third-order valence-corrected chi connectivity index (χ3v) is 2.29. The van der Waals surface area contributed by atoms with Crippen LogP contribution < -0.4 is 5.73 Å². The molecule has 0 aliphatic heterocycles. The van der Waals surface area contributed by atoms with Crippen molar-refractivity contribution in [3.63, 3.8) is 0 Å². The minimum Gasteiger partial charge on any atom is -0.510 e. The first-order valence-corrected chi connectivity index (χ1v) is 5.26. The zero-order valence-electron chi connectivity index (χ0n) is 9.70. The van der Waals surface area contributed by atoms with Gasteiger partial charge in [0.15, 0.2) is 5.70 Å². The Balaban J connectivity index is 3.13. The molecule has 0 radical (unpaired) electrons. The lowest BCUT2D eigenvalue weighted by Gasteiger charge is -1.98. The lowest BCUT2D eigenvalue weighted by atomic mass is 10.3. The van der Waals surface area contributed by atoms with E-state index < -0.39 is 22.3 Å². The number of azo groups is 1. The van der Waals surface area contributed by atoms with E-state index in [-0.39, 0.29) is 16.4 Å². The fourth-order valence-corrected chi connectivity index (χ4v) is 1.30. The Labute approximate surface area is 112 Å². The van der Waals surface area contributed by atoms with Crippen molar-refractivity contribution in [3.8, 4) is 0 Å². The van der Waals surface area contributed by atoms with Crippen LogP contribution in [0.5, 0.6) is 0 Å². The molecule has 0 saturated heterocycles. The van der Waals surface area contributed by atoms with Crippen LogP contribution in [0.3, 0.4) is 0 Å². The van der Waals surface area contributed by atoms with Crippen molar-refractivity contribution in [2.24, 2.45) is 16.0 Å². The lowest BCUT2D eigenvalue weighted by Crippen LogP contribution is -2.13. The zero-order chi connectivity index (χ0) is 14.6. The monoisotopic (exact) mass is 284 g/mol. The van der Waals surface area contributed by atoms with Gasteiger partial charge >= 0.3 is 0 Å². The number of nitro benzene ring substituents is 1. The van der Waals surface area contributed by atoms with E-state index in [0.717, 1.165) is 6.07 Å². The topological polar surface area (TPSA) is 131 Å². The number of nitro groups is 1. The second-order valence-corrected chi connectivity index (χ2v) is 3.80. The number of amides is 1. The van der Waals surface area contributed by atoms with Gasteiger partial charge in [-0.15, -0.1) is 10.2 Å². The zero-order valence-corrected chi connectivity index (χ0v) is 10.5. The molecular weight excluding hydrogens is 276 g/mol. The predicted molar refractivity (Wildman–Crippen MR) is 67.1 cm³/mol. The highest BCUT2D eigenvalue weighted by Crippen LogP contribution is 2.29. The largest absolute Gasteiger partial charge is 0.510 e. The van der Waals surface area contributed by atoms with Crippen molar-refractivity contribution in [2.45, 2.75) is 6.92 Å². The van der Waals surface area contributed by atoms with E-state index in [1.165, 1.54) is 19.1 Å². The number of aliphatic hydroxyl groups is 1. The predicted octanol–water partition coefficient (Wildman–Crippen LogP) is 2.61. The van der Waals surface area contributed by atoms with E-state index in [4.69, 9.17) is 22.4 Å². The second kappa shape index (κ2) is 5.91. The molecule has 1 rings (SSSR count). The number of nitrogens with two attached hydrogens (primary N) is 1. The summed E-state index contributed by atoms with van der Waals surface area (Å²) in [6, 6.07) is 3.72. The summed E-state index contributed by atoms with van der Waals surface area (Å²) in [5.41, 5.74) is 4.28. The number of allylic oxidation sites excluding steroid dienone is 1. The fourth-order valence-electron chi connectivity index (χ4n) is 1.11. The van der Waals surface area contributed by atoms with Crippen molar-refractivity contribution in [1.82, 2.24) is 0 Å². The molecule has 0 fully saturated rings. The molecule has 3 N–H and O–H groups in total. The van der Waals surface area contributed by atoms with Crippen LogP contribution in [0.1, 0.15) is 6.92 Å². The van der Waals surface area contributed by atoms with Crippen molar-refractivity contribution in [1.29, 1.82) is 0 Å². The molecule has 0 aliphatic rings. The quantitative estimate of drug-likeness (QED) is 0.289. The Hall–Kier alpha value is -2.48. The molecule has 0 spiro atoms. The van der Waals surface area contributed by atoms with Gasteiger partial charge in [-0.05, 0) is 19.1 Å². The average Bonchev–Trinajstić information content (AvgIpc) is 2.30. The molecule has 0 aromatic heterocycles. The molecule has 0 atom stereocenters. The molecule has 0 saturated carbocycles. The summed E-state index contributed by atoms with van der Waals surface area (Å²) < 4.78 is 0. The van der Waals surface area contributed by atoms with Crippen LogP contribution in [0, 0.1) is 10.1 Å². The van der Waals surface area contributed by atoms with Crippen molar-refractivity contribution < 1.29 is 14.8 Å². The van der Waals surface area contributed by atoms with E-state index in [1.807, 2.05) is 0 Å². The molecule has 1 amide bonds. The number of halogens is 1. The van der Waals surface area contributed by atoms with E-state index >= 15 is 0 Å². The number of carbonyl (C=O) groups is 1. The summed E-state index contributed by atoms with van der Waals surface area (Å²) in [5.74, 6) is -1.37. The van der Waals surface area contributed by atoms with Gasteiger partial charge in [-0.25, -0.2) is 0 Å². The van der Waals surface area contributed by atoms with Gasteiger partial charge in [-0.2, -0.15) is 0 Å². The minimum atomic E-state index is -0.966. The van der Waals surface area contributed by atoms with Crippen LogP contribution >= 0.6 is 11.6 Å². The molecule has 100 valence electrons. The van der Waals surface area contributed by atoms with Gasteiger partial charge in [0.1, 0.15) is 10.8 Å². The fraction of sp³-hybridized carbons (Fsp3) is 0.100. The Bertz CT molecular complexity index is 593. The van der Waals surface area contributed by atoms with Gasteiger partial charge in [-0.3, -0.25) is 14.9 Å². The van der Waals surface area contributed by atoms with Crippen LogP contribution in [0.4, 0.5) is 11.4 Å². The molecule has 0 unspecified atom stereocenters. The summed E-state index contributed by atoms with van der Waals surface area (Å²) >= 11 is 5.62. The third kappa shape index (κ3) is 3.75. The van der Waals surface area contributed by atoms with Crippen LogP contribution in [-0.4, -0.2) is 15.9 Å². The van der Waals surface area contributed by atoms with Crippen LogP contribution in [0.25, 0.3) is 0 Å². The summed E-state index contributed by atoms with van der Waals surface area (Å²) in [4.78, 5) is 20.9. The number of rotatable bonds is 4. The Morgan fingerprint density at radius 3 is 2.63 bits per heavy atom. The molecule has 8 nitrogen and oxygen atoms in total. The molecule has 19 heavy (non-hydrogen) atoms. The smallest absolute Gasteiger partial charge is 0.290 e. The maximum atomic E-state index is 10.9. The van der Waals surface area contributed by atoms with Crippen molar-refractivity contribution >= 4 is 28.9 Å². The summed E-state index contributed by atoms with van der Waals surface area (Å²) in [5, 5.41) is 26.8. The van der Waals surface area contributed by atoms with E-state index in [0.29, 0.717) is 0 Å². The highest BCUT2D eigenvalue weighted by atomic mass is 35.5. The maximum absolute atomic E-state index is 10.9.